The summed E-state index contributed by atoms with van der Waals surface area (Å²) in [5.41, 5.74) is 2.39. The summed E-state index contributed by atoms with van der Waals surface area (Å²) in [7, 11) is 0. The molecule has 0 amide bonds. The van der Waals surface area contributed by atoms with Crippen molar-refractivity contribution in [2.75, 3.05) is 0 Å². The number of para-hydroxylation sites is 1. The molecule has 0 spiro atoms. The van der Waals surface area contributed by atoms with E-state index in [-0.39, 0.29) is 0 Å². The fraction of sp³-hybridized carbons (Fsp3) is 0.467. The van der Waals surface area contributed by atoms with Gasteiger partial charge in [-0.25, -0.2) is 4.98 Å². The highest BCUT2D eigenvalue weighted by molar-refractivity contribution is 5.81. The molecule has 0 aliphatic rings. The van der Waals surface area contributed by atoms with Gasteiger partial charge < -0.3 is 4.98 Å². The van der Waals surface area contributed by atoms with Gasteiger partial charge in [0.2, 0.25) is 0 Å². The number of fused-ring (bicyclic) bond motifs is 1. The number of hydrogen-bond acceptors (Lipinski definition) is 2. The van der Waals surface area contributed by atoms with Gasteiger partial charge in [-0.1, -0.05) is 33.8 Å². The number of nitrogens with zero attached hydrogens (tertiary/aromatic N) is 2. The summed E-state index contributed by atoms with van der Waals surface area (Å²) in [5, 5.41) is 9.10. The van der Waals surface area contributed by atoms with Gasteiger partial charge in [-0.05, 0) is 24.0 Å². The Morgan fingerprint density at radius 3 is 2.39 bits per heavy atom. The van der Waals surface area contributed by atoms with E-state index in [1.165, 1.54) is 0 Å². The van der Waals surface area contributed by atoms with Crippen LogP contribution in [0.5, 0.6) is 0 Å². The van der Waals surface area contributed by atoms with Crippen LogP contribution in [0.3, 0.4) is 0 Å². The molecule has 0 aliphatic carbocycles. The first-order valence-corrected chi connectivity index (χ1v) is 6.43. The highest BCUT2D eigenvalue weighted by atomic mass is 14.9. The first-order chi connectivity index (χ1) is 8.54. The number of aromatic amines is 1. The Balaban J connectivity index is 2.56. The first kappa shape index (κ1) is 12.6. The van der Waals surface area contributed by atoms with Crippen LogP contribution in [0.2, 0.25) is 0 Å². The lowest BCUT2D eigenvalue weighted by molar-refractivity contribution is 0.374. The van der Waals surface area contributed by atoms with E-state index in [0.717, 1.165) is 16.9 Å². The van der Waals surface area contributed by atoms with Crippen molar-refractivity contribution in [3.8, 4) is 6.07 Å². The van der Waals surface area contributed by atoms with Crippen LogP contribution in [0.4, 0.5) is 0 Å². The molecule has 0 unspecified atom stereocenters. The summed E-state index contributed by atoms with van der Waals surface area (Å²) in [5.74, 6) is 2.44. The predicted molar refractivity (Wildman–Crippen MR) is 73.2 cm³/mol. The van der Waals surface area contributed by atoms with Crippen molar-refractivity contribution in [1.29, 1.82) is 5.26 Å². The molecule has 3 nitrogen and oxygen atoms in total. The number of nitriles is 1. The lowest BCUT2D eigenvalue weighted by Crippen LogP contribution is -2.14. The Morgan fingerprint density at radius 1 is 1.17 bits per heavy atom. The molecule has 0 radical (unpaired) electrons. The Bertz CT molecular complexity index is 579. The largest absolute Gasteiger partial charge is 0.342 e. The van der Waals surface area contributed by atoms with Gasteiger partial charge in [-0.2, -0.15) is 5.26 Å². The van der Waals surface area contributed by atoms with Crippen LogP contribution in [0, 0.1) is 23.2 Å². The molecular formula is C15H19N3. The smallest absolute Gasteiger partial charge is 0.110 e. The number of nitrogens with one attached hydrogen (secondary N) is 1. The quantitative estimate of drug-likeness (QED) is 0.887. The van der Waals surface area contributed by atoms with Gasteiger partial charge in [-0.15, -0.1) is 0 Å². The molecule has 0 saturated carbocycles. The molecule has 1 heterocycles. The van der Waals surface area contributed by atoms with E-state index in [1.54, 1.807) is 0 Å². The van der Waals surface area contributed by atoms with Crippen molar-refractivity contribution in [3.63, 3.8) is 0 Å². The van der Waals surface area contributed by atoms with Crippen LogP contribution < -0.4 is 0 Å². The van der Waals surface area contributed by atoms with Gasteiger partial charge >= 0.3 is 0 Å². The summed E-state index contributed by atoms with van der Waals surface area (Å²) in [6.45, 7) is 8.85. The van der Waals surface area contributed by atoms with Crippen molar-refractivity contribution < 1.29 is 0 Å². The summed E-state index contributed by atoms with van der Waals surface area (Å²) < 4.78 is 0. The SMILES string of the molecule is CC(C)C(c1nc2c(C#N)cccc2[nH]1)C(C)C. The van der Waals surface area contributed by atoms with Crippen LogP contribution >= 0.6 is 0 Å². The molecule has 1 N–H and O–H groups in total. The normalized spacial score (nSPS) is 11.7. The minimum atomic E-state index is 0.393. The average molecular weight is 241 g/mol. The van der Waals surface area contributed by atoms with Gasteiger partial charge in [-0.3, -0.25) is 0 Å². The highest BCUT2D eigenvalue weighted by Crippen LogP contribution is 2.31. The van der Waals surface area contributed by atoms with Crippen LogP contribution in [0.25, 0.3) is 11.0 Å². The molecule has 0 bridgehead atoms. The Morgan fingerprint density at radius 2 is 1.83 bits per heavy atom. The molecule has 1 aromatic carbocycles. The van der Waals surface area contributed by atoms with Crippen molar-refractivity contribution in [2.24, 2.45) is 11.8 Å². The number of benzene rings is 1. The monoisotopic (exact) mass is 241 g/mol. The molecule has 0 saturated heterocycles. The molecule has 18 heavy (non-hydrogen) atoms. The fourth-order valence-corrected chi connectivity index (χ4v) is 2.70. The first-order valence-electron chi connectivity index (χ1n) is 6.43. The zero-order chi connectivity index (χ0) is 13.3. The maximum Gasteiger partial charge on any atom is 0.110 e. The zero-order valence-electron chi connectivity index (χ0n) is 11.4. The summed E-state index contributed by atoms with van der Waals surface area (Å²) >= 11 is 0. The highest BCUT2D eigenvalue weighted by Gasteiger charge is 2.23. The second-order valence-electron chi connectivity index (χ2n) is 5.45. The third-order valence-corrected chi connectivity index (χ3v) is 3.40. The van der Waals surface area contributed by atoms with Crippen LogP contribution in [-0.4, -0.2) is 9.97 Å². The fourth-order valence-electron chi connectivity index (χ4n) is 2.70. The van der Waals surface area contributed by atoms with Gasteiger partial charge in [0.1, 0.15) is 17.4 Å². The van der Waals surface area contributed by atoms with Crippen molar-refractivity contribution in [2.45, 2.75) is 33.6 Å². The van der Waals surface area contributed by atoms with Gasteiger partial charge in [0.15, 0.2) is 0 Å². The summed E-state index contributed by atoms with van der Waals surface area (Å²) in [6, 6.07) is 7.88. The third-order valence-electron chi connectivity index (χ3n) is 3.40. The van der Waals surface area contributed by atoms with E-state index in [9.17, 15) is 0 Å². The van der Waals surface area contributed by atoms with E-state index in [4.69, 9.17) is 5.26 Å². The van der Waals surface area contributed by atoms with Gasteiger partial charge in [0.05, 0.1) is 11.1 Å². The maximum absolute atomic E-state index is 9.10. The van der Waals surface area contributed by atoms with E-state index in [1.807, 2.05) is 18.2 Å². The van der Waals surface area contributed by atoms with E-state index in [0.29, 0.717) is 23.3 Å². The van der Waals surface area contributed by atoms with E-state index < -0.39 is 0 Å². The second-order valence-corrected chi connectivity index (χ2v) is 5.45. The molecule has 2 rings (SSSR count). The van der Waals surface area contributed by atoms with Crippen molar-refractivity contribution >= 4 is 11.0 Å². The topological polar surface area (TPSA) is 52.5 Å². The maximum atomic E-state index is 9.10. The van der Waals surface area contributed by atoms with Crippen molar-refractivity contribution in [3.05, 3.63) is 29.6 Å². The Kier molecular flexibility index (Phi) is 3.38. The minimum absolute atomic E-state index is 0.393. The Hall–Kier alpha value is -1.82. The number of hydrogen-bond donors (Lipinski definition) is 1. The van der Waals surface area contributed by atoms with E-state index >= 15 is 0 Å². The van der Waals surface area contributed by atoms with Crippen LogP contribution in [0.15, 0.2) is 18.2 Å². The van der Waals surface area contributed by atoms with E-state index in [2.05, 4.69) is 43.7 Å². The lowest BCUT2D eigenvalue weighted by atomic mass is 9.85. The summed E-state index contributed by atoms with van der Waals surface area (Å²) in [6.07, 6.45) is 0. The lowest BCUT2D eigenvalue weighted by Gasteiger charge is -2.22. The molecule has 2 aromatic rings. The number of rotatable bonds is 3. The second kappa shape index (κ2) is 4.81. The standard InChI is InChI=1S/C15H19N3/c1-9(2)13(10(3)4)15-17-12-7-5-6-11(8-16)14(12)18-15/h5-7,9-10,13H,1-4H3,(H,17,18). The summed E-state index contributed by atoms with van der Waals surface area (Å²) in [4.78, 5) is 8.02. The number of H-pyrrole nitrogens is 1. The van der Waals surface area contributed by atoms with Gasteiger partial charge in [0, 0.05) is 5.92 Å². The van der Waals surface area contributed by atoms with Crippen LogP contribution in [0.1, 0.15) is 45.0 Å². The number of aromatic nitrogens is 2. The average Bonchev–Trinajstić information content (AvgIpc) is 2.70. The molecule has 0 aliphatic heterocycles. The molecule has 0 atom stereocenters. The van der Waals surface area contributed by atoms with Crippen LogP contribution in [-0.2, 0) is 0 Å². The minimum Gasteiger partial charge on any atom is -0.342 e. The predicted octanol–water partition coefficient (Wildman–Crippen LogP) is 3.83. The Labute approximate surface area is 108 Å². The number of imidazole rings is 1. The third kappa shape index (κ3) is 2.11. The van der Waals surface area contributed by atoms with Crippen molar-refractivity contribution in [1.82, 2.24) is 9.97 Å². The zero-order valence-corrected chi connectivity index (χ0v) is 11.4. The molecule has 1 aromatic heterocycles. The molecule has 0 fully saturated rings. The van der Waals surface area contributed by atoms with Gasteiger partial charge in [0.25, 0.3) is 0 Å². The molecule has 94 valence electrons. The molecule has 3 heteroatoms. The molecular weight excluding hydrogens is 222 g/mol.